The van der Waals surface area contributed by atoms with Crippen LogP contribution < -0.4 is 4.74 Å². The van der Waals surface area contributed by atoms with Gasteiger partial charge in [-0.05, 0) is 55.9 Å². The van der Waals surface area contributed by atoms with Gasteiger partial charge in [0, 0.05) is 0 Å². The lowest BCUT2D eigenvalue weighted by Gasteiger charge is -2.29. The van der Waals surface area contributed by atoms with Gasteiger partial charge in [-0.1, -0.05) is 13.3 Å². The van der Waals surface area contributed by atoms with E-state index in [1.54, 1.807) is 18.2 Å². The molecule has 1 aliphatic carbocycles. The minimum atomic E-state index is -0.893. The van der Waals surface area contributed by atoms with Crippen LogP contribution in [-0.2, 0) is 0 Å². The van der Waals surface area contributed by atoms with E-state index >= 15 is 0 Å². The van der Waals surface area contributed by atoms with Crippen LogP contribution in [0.2, 0.25) is 0 Å². The van der Waals surface area contributed by atoms with E-state index in [9.17, 15) is 4.79 Å². The van der Waals surface area contributed by atoms with Crippen LogP contribution in [0.4, 0.5) is 0 Å². The number of rotatable bonds is 3. The lowest BCUT2D eigenvalue weighted by molar-refractivity contribution is 0.0696. The fourth-order valence-corrected chi connectivity index (χ4v) is 2.54. The van der Waals surface area contributed by atoms with Gasteiger partial charge in [-0.3, -0.25) is 0 Å². The summed E-state index contributed by atoms with van der Waals surface area (Å²) >= 11 is 0. The van der Waals surface area contributed by atoms with E-state index < -0.39 is 5.97 Å². The van der Waals surface area contributed by atoms with Crippen LogP contribution in [0.3, 0.4) is 0 Å². The van der Waals surface area contributed by atoms with Gasteiger partial charge in [0.15, 0.2) is 0 Å². The summed E-state index contributed by atoms with van der Waals surface area (Å²) in [6.07, 6.45) is 5.10. The quantitative estimate of drug-likeness (QED) is 0.888. The first-order valence-electron chi connectivity index (χ1n) is 6.58. The molecular formula is C15H20O3. The van der Waals surface area contributed by atoms with E-state index in [0.29, 0.717) is 11.5 Å². The van der Waals surface area contributed by atoms with E-state index in [2.05, 4.69) is 6.92 Å². The first kappa shape index (κ1) is 12.9. The van der Waals surface area contributed by atoms with Crippen molar-refractivity contribution >= 4 is 5.97 Å². The molecule has 0 aromatic heterocycles. The summed E-state index contributed by atoms with van der Waals surface area (Å²) < 4.78 is 6.04. The summed E-state index contributed by atoms with van der Waals surface area (Å²) in [4.78, 5) is 10.9. The molecule has 0 aliphatic heterocycles. The van der Waals surface area contributed by atoms with Crippen molar-refractivity contribution in [3.05, 3.63) is 29.3 Å². The highest BCUT2D eigenvalue weighted by molar-refractivity contribution is 5.88. The van der Waals surface area contributed by atoms with Crippen molar-refractivity contribution in [1.29, 1.82) is 0 Å². The van der Waals surface area contributed by atoms with Gasteiger partial charge in [0.05, 0.1) is 5.56 Å². The number of ether oxygens (including phenoxy) is 1. The summed E-state index contributed by atoms with van der Waals surface area (Å²) in [5, 5.41) is 8.92. The Morgan fingerprint density at radius 2 is 2.06 bits per heavy atom. The second-order valence-electron chi connectivity index (χ2n) is 5.20. The zero-order valence-electron chi connectivity index (χ0n) is 11.0. The minimum Gasteiger partial charge on any atom is -0.490 e. The number of aryl methyl sites for hydroxylation is 1. The molecule has 1 N–H and O–H groups in total. The van der Waals surface area contributed by atoms with Gasteiger partial charge in [-0.25, -0.2) is 4.79 Å². The largest absolute Gasteiger partial charge is 0.490 e. The molecule has 98 valence electrons. The third-order valence-corrected chi connectivity index (χ3v) is 3.73. The summed E-state index contributed by atoms with van der Waals surface area (Å²) in [7, 11) is 0. The molecule has 1 fully saturated rings. The van der Waals surface area contributed by atoms with Crippen LogP contribution in [0, 0.1) is 12.8 Å². The molecule has 0 radical (unpaired) electrons. The summed E-state index contributed by atoms with van der Waals surface area (Å²) in [5.41, 5.74) is 1.21. The Kier molecular flexibility index (Phi) is 3.90. The maximum absolute atomic E-state index is 10.9. The average Bonchev–Trinajstić information content (AvgIpc) is 2.34. The first-order chi connectivity index (χ1) is 8.58. The Hall–Kier alpha value is -1.51. The summed E-state index contributed by atoms with van der Waals surface area (Å²) in [5.74, 6) is 0.506. The highest BCUT2D eigenvalue weighted by Crippen LogP contribution is 2.29. The van der Waals surface area contributed by atoms with Crippen molar-refractivity contribution in [3.8, 4) is 5.75 Å². The Bertz CT molecular complexity index is 439. The molecule has 0 spiro atoms. The molecule has 1 saturated carbocycles. The fraction of sp³-hybridized carbons (Fsp3) is 0.533. The molecule has 0 saturated heterocycles. The lowest BCUT2D eigenvalue weighted by atomic mass is 9.88. The fourth-order valence-electron chi connectivity index (χ4n) is 2.54. The van der Waals surface area contributed by atoms with Gasteiger partial charge in [0.1, 0.15) is 11.9 Å². The number of carboxylic acids is 1. The van der Waals surface area contributed by atoms with E-state index in [1.807, 2.05) is 6.92 Å². The van der Waals surface area contributed by atoms with Crippen LogP contribution in [0.1, 0.15) is 48.5 Å². The van der Waals surface area contributed by atoms with Crippen molar-refractivity contribution in [3.63, 3.8) is 0 Å². The first-order valence-corrected chi connectivity index (χ1v) is 6.58. The van der Waals surface area contributed by atoms with E-state index in [4.69, 9.17) is 9.84 Å². The maximum atomic E-state index is 10.9. The molecule has 0 bridgehead atoms. The SMILES string of the molecule is Cc1cc(C(=O)O)ccc1OC1CCCCC1C. The maximum Gasteiger partial charge on any atom is 0.335 e. The van der Waals surface area contributed by atoms with Crippen molar-refractivity contribution < 1.29 is 14.6 Å². The van der Waals surface area contributed by atoms with Crippen LogP contribution in [-0.4, -0.2) is 17.2 Å². The molecule has 3 heteroatoms. The van der Waals surface area contributed by atoms with Crippen molar-refractivity contribution in [2.75, 3.05) is 0 Å². The molecule has 0 heterocycles. The van der Waals surface area contributed by atoms with Crippen LogP contribution >= 0.6 is 0 Å². The number of hydrogen-bond acceptors (Lipinski definition) is 2. The summed E-state index contributed by atoms with van der Waals surface area (Å²) in [6.45, 7) is 4.13. The molecule has 2 atom stereocenters. The van der Waals surface area contributed by atoms with Crippen LogP contribution in [0.25, 0.3) is 0 Å². The van der Waals surface area contributed by atoms with Crippen molar-refractivity contribution in [2.45, 2.75) is 45.6 Å². The second kappa shape index (κ2) is 5.42. The molecular weight excluding hydrogens is 228 g/mol. The molecule has 3 nitrogen and oxygen atoms in total. The third kappa shape index (κ3) is 2.84. The predicted molar refractivity (Wildman–Crippen MR) is 70.2 cm³/mol. The van der Waals surface area contributed by atoms with Gasteiger partial charge in [-0.2, -0.15) is 0 Å². The molecule has 1 aromatic rings. The Labute approximate surface area is 108 Å². The zero-order valence-corrected chi connectivity index (χ0v) is 11.0. The molecule has 18 heavy (non-hydrogen) atoms. The monoisotopic (exact) mass is 248 g/mol. The van der Waals surface area contributed by atoms with Crippen LogP contribution in [0.5, 0.6) is 5.75 Å². The standard InChI is InChI=1S/C15H20O3/c1-10-5-3-4-6-13(10)18-14-8-7-12(15(16)17)9-11(14)2/h7-10,13H,3-6H2,1-2H3,(H,16,17). The van der Waals surface area contributed by atoms with Crippen molar-refractivity contribution in [2.24, 2.45) is 5.92 Å². The normalized spacial score (nSPS) is 23.7. The Morgan fingerprint density at radius 1 is 1.33 bits per heavy atom. The number of carbonyl (C=O) groups is 1. The van der Waals surface area contributed by atoms with Gasteiger partial charge < -0.3 is 9.84 Å². The number of hydrogen-bond donors (Lipinski definition) is 1. The summed E-state index contributed by atoms with van der Waals surface area (Å²) in [6, 6.07) is 5.06. The van der Waals surface area contributed by atoms with Gasteiger partial charge in [0.25, 0.3) is 0 Å². The number of carboxylic acid groups (broad SMARTS) is 1. The minimum absolute atomic E-state index is 0.271. The average molecular weight is 248 g/mol. The van der Waals surface area contributed by atoms with Gasteiger partial charge in [-0.15, -0.1) is 0 Å². The van der Waals surface area contributed by atoms with E-state index in [1.165, 1.54) is 19.3 Å². The van der Waals surface area contributed by atoms with Gasteiger partial charge in [0.2, 0.25) is 0 Å². The van der Waals surface area contributed by atoms with Gasteiger partial charge >= 0.3 is 5.97 Å². The number of benzene rings is 1. The van der Waals surface area contributed by atoms with Crippen molar-refractivity contribution in [1.82, 2.24) is 0 Å². The molecule has 1 aromatic carbocycles. The van der Waals surface area contributed by atoms with E-state index in [-0.39, 0.29) is 6.10 Å². The second-order valence-corrected chi connectivity index (χ2v) is 5.20. The topological polar surface area (TPSA) is 46.5 Å². The highest BCUT2D eigenvalue weighted by Gasteiger charge is 2.23. The Balaban J connectivity index is 2.11. The highest BCUT2D eigenvalue weighted by atomic mass is 16.5. The zero-order chi connectivity index (χ0) is 13.1. The van der Waals surface area contributed by atoms with E-state index in [0.717, 1.165) is 17.7 Å². The molecule has 2 unspecified atom stereocenters. The number of aromatic carboxylic acids is 1. The third-order valence-electron chi connectivity index (χ3n) is 3.73. The lowest BCUT2D eigenvalue weighted by Crippen LogP contribution is -2.28. The molecule has 0 amide bonds. The smallest absolute Gasteiger partial charge is 0.335 e. The van der Waals surface area contributed by atoms with Crippen LogP contribution in [0.15, 0.2) is 18.2 Å². The predicted octanol–water partition coefficient (Wildman–Crippen LogP) is 3.65. The Morgan fingerprint density at radius 3 is 2.67 bits per heavy atom. The molecule has 1 aliphatic rings. The molecule has 2 rings (SSSR count).